The lowest BCUT2D eigenvalue weighted by Crippen LogP contribution is -2.38. The Balaban J connectivity index is 1.72. The molecule has 23 heavy (non-hydrogen) atoms. The van der Waals surface area contributed by atoms with Crippen molar-refractivity contribution in [1.29, 1.82) is 0 Å². The first kappa shape index (κ1) is 18.0. The van der Waals surface area contributed by atoms with Gasteiger partial charge in [-0.05, 0) is 58.2 Å². The number of likely N-dealkylation sites (tertiary alicyclic amines) is 1. The van der Waals surface area contributed by atoms with E-state index in [1.165, 1.54) is 12.0 Å². The molecule has 0 aromatic heterocycles. The highest BCUT2D eigenvalue weighted by Crippen LogP contribution is 2.23. The minimum Gasteiger partial charge on any atom is -0.481 e. The van der Waals surface area contributed by atoms with Crippen molar-refractivity contribution >= 4 is 5.97 Å². The third kappa shape index (κ3) is 5.33. The Morgan fingerprint density at radius 3 is 2.74 bits per heavy atom. The van der Waals surface area contributed by atoms with Crippen molar-refractivity contribution in [2.24, 2.45) is 11.3 Å². The molecule has 4 nitrogen and oxygen atoms in total. The van der Waals surface area contributed by atoms with Crippen LogP contribution in [0, 0.1) is 11.3 Å². The number of benzene rings is 1. The second kappa shape index (κ2) is 7.93. The molecule has 1 saturated heterocycles. The van der Waals surface area contributed by atoms with Crippen LogP contribution in [-0.4, -0.2) is 41.7 Å². The van der Waals surface area contributed by atoms with Gasteiger partial charge in [-0.15, -0.1) is 0 Å². The van der Waals surface area contributed by atoms with Crippen LogP contribution < -0.4 is 5.32 Å². The van der Waals surface area contributed by atoms with Crippen LogP contribution in [0.1, 0.15) is 39.2 Å². The molecule has 1 aromatic carbocycles. The molecule has 1 aliphatic heterocycles. The Kier molecular flexibility index (Phi) is 6.19. The zero-order chi connectivity index (χ0) is 16.9. The van der Waals surface area contributed by atoms with Crippen LogP contribution in [0.25, 0.3) is 0 Å². The lowest BCUT2D eigenvalue weighted by Gasteiger charge is -2.24. The Morgan fingerprint density at radius 1 is 1.39 bits per heavy atom. The predicted octanol–water partition coefficient (Wildman–Crippen LogP) is 2.99. The summed E-state index contributed by atoms with van der Waals surface area (Å²) >= 11 is 0. The van der Waals surface area contributed by atoms with Gasteiger partial charge < -0.3 is 10.4 Å². The Bertz CT molecular complexity index is 501. The Hall–Kier alpha value is -1.39. The summed E-state index contributed by atoms with van der Waals surface area (Å²) in [5.74, 6) is -0.0755. The molecule has 0 saturated carbocycles. The molecule has 1 heterocycles. The van der Waals surface area contributed by atoms with E-state index in [0.29, 0.717) is 18.4 Å². The molecule has 4 heteroatoms. The normalized spacial score (nSPS) is 20.6. The lowest BCUT2D eigenvalue weighted by molar-refractivity contribution is -0.147. The van der Waals surface area contributed by atoms with Crippen molar-refractivity contribution in [3.05, 3.63) is 35.9 Å². The monoisotopic (exact) mass is 318 g/mol. The summed E-state index contributed by atoms with van der Waals surface area (Å²) in [5.41, 5.74) is 0.721. The number of hydrogen-bond donors (Lipinski definition) is 2. The number of rotatable bonds is 8. The van der Waals surface area contributed by atoms with E-state index in [-0.39, 0.29) is 0 Å². The number of aliphatic carboxylic acids is 1. The first-order valence-corrected chi connectivity index (χ1v) is 8.61. The molecule has 1 aliphatic rings. The smallest absolute Gasteiger partial charge is 0.309 e. The summed E-state index contributed by atoms with van der Waals surface area (Å²) < 4.78 is 0. The molecule has 0 amide bonds. The number of carbonyl (C=O) groups is 1. The molecule has 2 N–H and O–H groups in total. The zero-order valence-corrected chi connectivity index (χ0v) is 14.6. The van der Waals surface area contributed by atoms with E-state index < -0.39 is 11.4 Å². The largest absolute Gasteiger partial charge is 0.481 e. The molecule has 2 rings (SSSR count). The molecule has 0 radical (unpaired) electrons. The van der Waals surface area contributed by atoms with Crippen molar-refractivity contribution in [1.82, 2.24) is 10.2 Å². The fourth-order valence-electron chi connectivity index (χ4n) is 3.14. The van der Waals surface area contributed by atoms with E-state index in [1.54, 1.807) is 13.8 Å². The molecule has 0 bridgehead atoms. The van der Waals surface area contributed by atoms with Gasteiger partial charge in [0.05, 0.1) is 5.41 Å². The minimum absolute atomic E-state index is 0.431. The highest BCUT2D eigenvalue weighted by Gasteiger charge is 2.29. The highest BCUT2D eigenvalue weighted by molar-refractivity contribution is 5.73. The number of nitrogens with one attached hydrogen (secondary N) is 1. The van der Waals surface area contributed by atoms with Gasteiger partial charge in [0.1, 0.15) is 0 Å². The number of nitrogens with zero attached hydrogens (tertiary/aromatic N) is 1. The maximum absolute atomic E-state index is 11.1. The average molecular weight is 318 g/mol. The fourth-order valence-corrected chi connectivity index (χ4v) is 3.14. The van der Waals surface area contributed by atoms with E-state index in [1.807, 2.05) is 0 Å². The standard InChI is InChI=1S/C19H30N2O2/c1-15(20-11-10-19(2,3)18(22)23)17-9-12-21(14-17)13-16-7-5-4-6-8-16/h4-8,15,17,20H,9-14H2,1-3H3,(H,22,23). The molecular weight excluding hydrogens is 288 g/mol. The molecule has 0 aliphatic carbocycles. The van der Waals surface area contributed by atoms with Crippen LogP contribution in [0.3, 0.4) is 0 Å². The van der Waals surface area contributed by atoms with Crippen LogP contribution in [0.5, 0.6) is 0 Å². The van der Waals surface area contributed by atoms with Gasteiger partial charge in [0.15, 0.2) is 0 Å². The lowest BCUT2D eigenvalue weighted by atomic mass is 9.89. The Labute approximate surface area is 139 Å². The second-order valence-corrected chi connectivity index (χ2v) is 7.45. The molecular formula is C19H30N2O2. The van der Waals surface area contributed by atoms with Crippen molar-refractivity contribution in [2.75, 3.05) is 19.6 Å². The van der Waals surface area contributed by atoms with Crippen LogP contribution in [0.2, 0.25) is 0 Å². The van der Waals surface area contributed by atoms with E-state index in [2.05, 4.69) is 47.5 Å². The average Bonchev–Trinajstić information content (AvgIpc) is 2.96. The predicted molar refractivity (Wildman–Crippen MR) is 93.3 cm³/mol. The topological polar surface area (TPSA) is 52.6 Å². The SMILES string of the molecule is CC(NCCC(C)(C)C(=O)O)C1CCN(Cc2ccccc2)C1. The van der Waals surface area contributed by atoms with Gasteiger partial charge in [-0.3, -0.25) is 9.69 Å². The van der Waals surface area contributed by atoms with Crippen LogP contribution in [0.4, 0.5) is 0 Å². The summed E-state index contributed by atoms with van der Waals surface area (Å²) in [7, 11) is 0. The number of carboxylic acids is 1. The molecule has 2 unspecified atom stereocenters. The molecule has 0 spiro atoms. The minimum atomic E-state index is -0.721. The van der Waals surface area contributed by atoms with Gasteiger partial charge in [-0.25, -0.2) is 0 Å². The molecule has 128 valence electrons. The molecule has 2 atom stereocenters. The third-order valence-corrected chi connectivity index (χ3v) is 5.06. The van der Waals surface area contributed by atoms with Crippen molar-refractivity contribution in [2.45, 2.75) is 46.2 Å². The van der Waals surface area contributed by atoms with Gasteiger partial charge in [0, 0.05) is 19.1 Å². The first-order valence-electron chi connectivity index (χ1n) is 8.61. The summed E-state index contributed by atoms with van der Waals surface area (Å²) in [4.78, 5) is 13.6. The zero-order valence-electron chi connectivity index (χ0n) is 14.6. The van der Waals surface area contributed by atoms with Gasteiger partial charge in [-0.2, -0.15) is 0 Å². The maximum atomic E-state index is 11.1. The van der Waals surface area contributed by atoms with Crippen LogP contribution in [-0.2, 0) is 11.3 Å². The second-order valence-electron chi connectivity index (χ2n) is 7.45. The first-order chi connectivity index (χ1) is 10.9. The third-order valence-electron chi connectivity index (χ3n) is 5.06. The maximum Gasteiger partial charge on any atom is 0.309 e. The summed E-state index contributed by atoms with van der Waals surface area (Å²) in [6, 6.07) is 11.0. The van der Waals surface area contributed by atoms with Crippen LogP contribution in [0.15, 0.2) is 30.3 Å². The van der Waals surface area contributed by atoms with Crippen molar-refractivity contribution in [3.8, 4) is 0 Å². The quantitative estimate of drug-likeness (QED) is 0.774. The highest BCUT2D eigenvalue weighted by atomic mass is 16.4. The summed E-state index contributed by atoms with van der Waals surface area (Å²) in [6.07, 6.45) is 1.87. The van der Waals surface area contributed by atoms with Gasteiger partial charge in [-0.1, -0.05) is 30.3 Å². The number of hydrogen-bond acceptors (Lipinski definition) is 3. The molecule has 1 fully saturated rings. The van der Waals surface area contributed by atoms with Crippen molar-refractivity contribution < 1.29 is 9.90 Å². The van der Waals surface area contributed by atoms with Gasteiger partial charge >= 0.3 is 5.97 Å². The van der Waals surface area contributed by atoms with E-state index in [4.69, 9.17) is 5.11 Å². The Morgan fingerprint density at radius 2 is 2.09 bits per heavy atom. The van der Waals surface area contributed by atoms with Crippen LogP contribution >= 0.6 is 0 Å². The molecule has 1 aromatic rings. The van der Waals surface area contributed by atoms with Crippen molar-refractivity contribution in [3.63, 3.8) is 0 Å². The van der Waals surface area contributed by atoms with E-state index in [9.17, 15) is 4.79 Å². The van der Waals surface area contributed by atoms with E-state index >= 15 is 0 Å². The van der Waals surface area contributed by atoms with Gasteiger partial charge in [0.25, 0.3) is 0 Å². The van der Waals surface area contributed by atoms with E-state index in [0.717, 1.165) is 26.2 Å². The fraction of sp³-hybridized carbons (Fsp3) is 0.632. The summed E-state index contributed by atoms with van der Waals surface area (Å²) in [6.45, 7) is 9.85. The number of carboxylic acid groups (broad SMARTS) is 1. The summed E-state index contributed by atoms with van der Waals surface area (Å²) in [5, 5.41) is 12.7. The van der Waals surface area contributed by atoms with Gasteiger partial charge in [0.2, 0.25) is 0 Å².